The lowest BCUT2D eigenvalue weighted by Crippen LogP contribution is -2.02. The van der Waals surface area contributed by atoms with Crippen LogP contribution in [0.5, 0.6) is 29.5 Å². The fraction of sp³-hybridized carbons (Fsp3) is 0.0556. The largest absolute Gasteiger partial charge is 0.478 e. The predicted molar refractivity (Wildman–Crippen MR) is 93.3 cm³/mol. The molecule has 10 heteroatoms. The van der Waals surface area contributed by atoms with Crippen LogP contribution >= 0.6 is 0 Å². The van der Waals surface area contributed by atoms with Crippen LogP contribution in [0.3, 0.4) is 0 Å². The number of nitrogens with zero attached hydrogens (tertiary/aromatic N) is 3. The van der Waals surface area contributed by atoms with Crippen LogP contribution in [0.1, 0.15) is 20.7 Å². The average molecular weight is 383 g/mol. The Hall–Kier alpha value is -4.21. The van der Waals surface area contributed by atoms with E-state index >= 15 is 0 Å². The SMILES string of the molecule is COc1nc(Oc2cccc(C(=O)O)c2)nc(Oc2cccc(C(=O)O)c2)n1. The van der Waals surface area contributed by atoms with Crippen molar-refractivity contribution in [2.24, 2.45) is 0 Å². The summed E-state index contributed by atoms with van der Waals surface area (Å²) in [6, 6.07) is 11.0. The summed E-state index contributed by atoms with van der Waals surface area (Å²) in [5.41, 5.74) is 0.0564. The van der Waals surface area contributed by atoms with Crippen molar-refractivity contribution in [2.45, 2.75) is 0 Å². The Labute approximate surface area is 158 Å². The molecule has 0 aliphatic heterocycles. The van der Waals surface area contributed by atoms with Gasteiger partial charge in [0.2, 0.25) is 0 Å². The molecule has 1 aromatic heterocycles. The minimum atomic E-state index is -1.11. The highest BCUT2D eigenvalue weighted by atomic mass is 16.5. The van der Waals surface area contributed by atoms with Gasteiger partial charge in [0.1, 0.15) is 11.5 Å². The minimum Gasteiger partial charge on any atom is -0.478 e. The number of carbonyl (C=O) groups is 2. The number of methoxy groups -OCH3 is 1. The van der Waals surface area contributed by atoms with Crippen molar-refractivity contribution in [1.82, 2.24) is 15.0 Å². The smallest absolute Gasteiger partial charge is 0.335 e. The third kappa shape index (κ3) is 4.49. The van der Waals surface area contributed by atoms with Gasteiger partial charge in [-0.25, -0.2) is 9.59 Å². The molecule has 0 bridgehead atoms. The number of aromatic nitrogens is 3. The second-order valence-corrected chi connectivity index (χ2v) is 5.26. The summed E-state index contributed by atoms with van der Waals surface area (Å²) in [6.45, 7) is 0. The van der Waals surface area contributed by atoms with E-state index in [1.807, 2.05) is 0 Å². The number of hydrogen-bond donors (Lipinski definition) is 2. The first-order chi connectivity index (χ1) is 13.4. The molecule has 0 fully saturated rings. The van der Waals surface area contributed by atoms with Crippen molar-refractivity contribution >= 4 is 11.9 Å². The fourth-order valence-corrected chi connectivity index (χ4v) is 2.10. The Morgan fingerprint density at radius 1 is 0.750 bits per heavy atom. The first-order valence-electron chi connectivity index (χ1n) is 7.77. The van der Waals surface area contributed by atoms with Crippen molar-refractivity contribution in [2.75, 3.05) is 7.11 Å². The molecule has 142 valence electrons. The molecule has 10 nitrogen and oxygen atoms in total. The van der Waals surface area contributed by atoms with E-state index in [1.54, 1.807) is 0 Å². The number of benzene rings is 2. The summed E-state index contributed by atoms with van der Waals surface area (Å²) >= 11 is 0. The van der Waals surface area contributed by atoms with Crippen LogP contribution in [0.25, 0.3) is 0 Å². The summed E-state index contributed by atoms with van der Waals surface area (Å²) in [5, 5.41) is 18.1. The summed E-state index contributed by atoms with van der Waals surface area (Å²) in [4.78, 5) is 33.9. The number of carboxylic acids is 2. The van der Waals surface area contributed by atoms with E-state index < -0.39 is 11.9 Å². The molecule has 0 amide bonds. The highest BCUT2D eigenvalue weighted by Gasteiger charge is 2.13. The second kappa shape index (κ2) is 7.99. The van der Waals surface area contributed by atoms with E-state index in [-0.39, 0.29) is 40.7 Å². The molecule has 28 heavy (non-hydrogen) atoms. The molecule has 0 radical (unpaired) electrons. The molecule has 3 aromatic rings. The van der Waals surface area contributed by atoms with Gasteiger partial charge in [0, 0.05) is 0 Å². The maximum absolute atomic E-state index is 11.1. The van der Waals surface area contributed by atoms with Crippen molar-refractivity contribution in [3.05, 3.63) is 59.7 Å². The zero-order valence-electron chi connectivity index (χ0n) is 14.4. The maximum atomic E-state index is 11.1. The quantitative estimate of drug-likeness (QED) is 0.625. The Morgan fingerprint density at radius 3 is 1.57 bits per heavy atom. The van der Waals surface area contributed by atoms with Crippen LogP contribution in [-0.2, 0) is 0 Å². The number of rotatable bonds is 7. The van der Waals surface area contributed by atoms with Crippen LogP contribution in [0, 0.1) is 0 Å². The molecule has 2 N–H and O–H groups in total. The molecule has 0 saturated carbocycles. The fourth-order valence-electron chi connectivity index (χ4n) is 2.10. The molecule has 0 unspecified atom stereocenters. The topological polar surface area (TPSA) is 141 Å². The Balaban J connectivity index is 1.88. The van der Waals surface area contributed by atoms with Gasteiger partial charge in [0.25, 0.3) is 0 Å². The lowest BCUT2D eigenvalue weighted by atomic mass is 10.2. The van der Waals surface area contributed by atoms with E-state index in [2.05, 4.69) is 15.0 Å². The zero-order chi connectivity index (χ0) is 20.1. The van der Waals surface area contributed by atoms with E-state index in [4.69, 9.17) is 24.4 Å². The first-order valence-corrected chi connectivity index (χ1v) is 7.77. The molecule has 0 aliphatic rings. The van der Waals surface area contributed by atoms with Gasteiger partial charge in [0.05, 0.1) is 18.2 Å². The van der Waals surface area contributed by atoms with Crippen LogP contribution in [-0.4, -0.2) is 44.2 Å². The number of carboxylic acid groups (broad SMARTS) is 2. The molecule has 0 saturated heterocycles. The van der Waals surface area contributed by atoms with Gasteiger partial charge < -0.3 is 24.4 Å². The van der Waals surface area contributed by atoms with Gasteiger partial charge in [-0.05, 0) is 36.4 Å². The zero-order valence-corrected chi connectivity index (χ0v) is 14.4. The number of aromatic carboxylic acids is 2. The first kappa shape index (κ1) is 18.6. The Morgan fingerprint density at radius 2 is 1.18 bits per heavy atom. The predicted octanol–water partition coefficient (Wildman–Crippen LogP) is 2.86. The third-order valence-electron chi connectivity index (χ3n) is 3.34. The molecule has 0 atom stereocenters. The van der Waals surface area contributed by atoms with Crippen molar-refractivity contribution < 1.29 is 34.0 Å². The van der Waals surface area contributed by atoms with Gasteiger partial charge in [-0.15, -0.1) is 15.0 Å². The van der Waals surface area contributed by atoms with Gasteiger partial charge in [-0.2, -0.15) is 0 Å². The van der Waals surface area contributed by atoms with Gasteiger partial charge in [-0.1, -0.05) is 12.1 Å². The van der Waals surface area contributed by atoms with E-state index in [0.717, 1.165) is 0 Å². The third-order valence-corrected chi connectivity index (χ3v) is 3.34. The standard InChI is InChI=1S/C18H13N3O7/c1-26-16-19-17(27-12-6-2-4-10(8-12)14(22)23)21-18(20-16)28-13-7-3-5-11(9-13)15(24)25/h2-9H,1H3,(H,22,23)(H,24,25). The normalized spacial score (nSPS) is 10.2. The van der Waals surface area contributed by atoms with Crippen LogP contribution in [0.2, 0.25) is 0 Å². The lowest BCUT2D eigenvalue weighted by Gasteiger charge is -2.09. The molecule has 2 aromatic carbocycles. The number of hydrogen-bond acceptors (Lipinski definition) is 8. The van der Waals surface area contributed by atoms with Crippen molar-refractivity contribution in [1.29, 1.82) is 0 Å². The van der Waals surface area contributed by atoms with Gasteiger partial charge in [-0.3, -0.25) is 0 Å². The summed E-state index contributed by atoms with van der Waals surface area (Å²) < 4.78 is 15.9. The minimum absolute atomic E-state index is 0.0282. The van der Waals surface area contributed by atoms with Crippen LogP contribution < -0.4 is 14.2 Å². The van der Waals surface area contributed by atoms with E-state index in [1.165, 1.54) is 55.6 Å². The molecule has 1 heterocycles. The van der Waals surface area contributed by atoms with E-state index in [9.17, 15) is 9.59 Å². The van der Waals surface area contributed by atoms with E-state index in [0.29, 0.717) is 0 Å². The molecule has 0 spiro atoms. The number of ether oxygens (including phenoxy) is 3. The van der Waals surface area contributed by atoms with Crippen molar-refractivity contribution in [3.8, 4) is 29.5 Å². The summed E-state index contributed by atoms with van der Waals surface area (Å²) in [7, 11) is 1.33. The molecular formula is C18H13N3O7. The Bertz CT molecular complexity index is 961. The summed E-state index contributed by atoms with van der Waals surface area (Å²) in [5.74, 6) is -1.85. The van der Waals surface area contributed by atoms with Gasteiger partial charge >= 0.3 is 30.0 Å². The average Bonchev–Trinajstić information content (AvgIpc) is 2.68. The lowest BCUT2D eigenvalue weighted by molar-refractivity contribution is 0.0686. The second-order valence-electron chi connectivity index (χ2n) is 5.26. The Kier molecular flexibility index (Phi) is 5.30. The highest BCUT2D eigenvalue weighted by Crippen LogP contribution is 2.25. The van der Waals surface area contributed by atoms with Crippen LogP contribution in [0.4, 0.5) is 0 Å². The monoisotopic (exact) mass is 383 g/mol. The summed E-state index contributed by atoms with van der Waals surface area (Å²) in [6.07, 6.45) is 0. The molecular weight excluding hydrogens is 370 g/mol. The van der Waals surface area contributed by atoms with Gasteiger partial charge in [0.15, 0.2) is 0 Å². The molecule has 3 rings (SSSR count). The molecule has 0 aliphatic carbocycles. The van der Waals surface area contributed by atoms with Crippen LogP contribution in [0.15, 0.2) is 48.5 Å². The maximum Gasteiger partial charge on any atom is 0.335 e. The van der Waals surface area contributed by atoms with Crippen molar-refractivity contribution in [3.63, 3.8) is 0 Å². The highest BCUT2D eigenvalue weighted by molar-refractivity contribution is 5.88.